The quantitative estimate of drug-likeness (QED) is 0.739. The van der Waals surface area contributed by atoms with E-state index in [-0.39, 0.29) is 18.3 Å². The van der Waals surface area contributed by atoms with Crippen LogP contribution < -0.4 is 4.74 Å². The molecule has 0 N–H and O–H groups in total. The van der Waals surface area contributed by atoms with Crippen LogP contribution in [0.4, 0.5) is 0 Å². The Balaban J connectivity index is 1.37. The van der Waals surface area contributed by atoms with Crippen molar-refractivity contribution in [3.05, 3.63) is 64.6 Å². The Morgan fingerprint density at radius 3 is 2.52 bits per heavy atom. The zero-order valence-electron chi connectivity index (χ0n) is 15.0. The van der Waals surface area contributed by atoms with Crippen molar-refractivity contribution < 1.29 is 14.3 Å². The van der Waals surface area contributed by atoms with Crippen LogP contribution in [0.15, 0.2) is 58.3 Å². The highest BCUT2D eigenvalue weighted by atomic mass is 32.2. The van der Waals surface area contributed by atoms with Crippen LogP contribution in [0.2, 0.25) is 0 Å². The molecule has 0 saturated carbocycles. The second-order valence-corrected chi connectivity index (χ2v) is 7.82. The third-order valence-corrected chi connectivity index (χ3v) is 5.92. The summed E-state index contributed by atoms with van der Waals surface area (Å²) in [6.45, 7) is 1.75. The van der Waals surface area contributed by atoms with Gasteiger partial charge in [-0.2, -0.15) is 0 Å². The number of fused-ring (bicyclic) bond motifs is 1. The number of ether oxygens (including phenoxy) is 1. The van der Waals surface area contributed by atoms with Gasteiger partial charge in [0.2, 0.25) is 5.78 Å². The fourth-order valence-corrected chi connectivity index (χ4v) is 4.38. The molecule has 2 aromatic carbocycles. The minimum absolute atomic E-state index is 0.0478. The Hall–Kier alpha value is -2.53. The number of carbonyl (C=O) groups excluding carboxylic acids is 2. The molecule has 1 fully saturated rings. The summed E-state index contributed by atoms with van der Waals surface area (Å²) in [6.07, 6.45) is 5.26. The molecule has 0 bridgehead atoms. The summed E-state index contributed by atoms with van der Waals surface area (Å²) in [6, 6.07) is 15.2. The third-order valence-electron chi connectivity index (χ3n) is 4.82. The van der Waals surface area contributed by atoms with Gasteiger partial charge in [-0.05, 0) is 55.2 Å². The molecule has 0 aromatic heterocycles. The van der Waals surface area contributed by atoms with Crippen molar-refractivity contribution in [2.75, 3.05) is 19.7 Å². The summed E-state index contributed by atoms with van der Waals surface area (Å²) >= 11 is 1.50. The molecule has 2 aromatic rings. The summed E-state index contributed by atoms with van der Waals surface area (Å²) in [5.41, 5.74) is 1.71. The van der Waals surface area contributed by atoms with Crippen molar-refractivity contribution in [1.82, 2.24) is 4.90 Å². The van der Waals surface area contributed by atoms with Crippen molar-refractivity contribution in [2.24, 2.45) is 0 Å². The fourth-order valence-electron chi connectivity index (χ4n) is 3.33. The second-order valence-electron chi connectivity index (χ2n) is 6.74. The molecule has 1 saturated heterocycles. The van der Waals surface area contributed by atoms with E-state index >= 15 is 0 Å². The van der Waals surface area contributed by atoms with E-state index in [9.17, 15) is 9.59 Å². The SMILES string of the molecule is O=C1C(=Cc2ccc(OCC(=O)N3CCCCC3)cc2)Sc2ccccc21. The highest BCUT2D eigenvalue weighted by molar-refractivity contribution is 8.04. The predicted octanol–water partition coefficient (Wildman–Crippen LogP) is 4.41. The number of ketones is 1. The van der Waals surface area contributed by atoms with Crippen molar-refractivity contribution in [1.29, 1.82) is 0 Å². The Morgan fingerprint density at radius 2 is 1.78 bits per heavy atom. The summed E-state index contributed by atoms with van der Waals surface area (Å²) < 4.78 is 5.63. The number of hydrogen-bond acceptors (Lipinski definition) is 4. The van der Waals surface area contributed by atoms with Gasteiger partial charge in [-0.3, -0.25) is 9.59 Å². The van der Waals surface area contributed by atoms with E-state index in [0.717, 1.165) is 46.9 Å². The maximum Gasteiger partial charge on any atom is 0.260 e. The standard InChI is InChI=1S/C22H21NO3S/c24-21(23-12-4-1-5-13-23)15-26-17-10-8-16(9-11-17)14-20-22(25)18-6-2-3-7-19(18)27-20/h2-3,6-11,14H,1,4-5,12-13,15H2. The number of rotatable bonds is 4. The normalized spacial score (nSPS) is 17.9. The first kappa shape index (κ1) is 17.9. The lowest BCUT2D eigenvalue weighted by atomic mass is 10.1. The average molecular weight is 379 g/mol. The van der Waals surface area contributed by atoms with Crippen LogP contribution in [-0.4, -0.2) is 36.3 Å². The number of nitrogens with zero attached hydrogens (tertiary/aromatic N) is 1. The highest BCUT2D eigenvalue weighted by Gasteiger charge is 2.25. The number of amides is 1. The summed E-state index contributed by atoms with van der Waals surface area (Å²) in [7, 11) is 0. The van der Waals surface area contributed by atoms with Crippen LogP contribution in [0.1, 0.15) is 35.2 Å². The molecular formula is C22H21NO3S. The number of benzene rings is 2. The summed E-state index contributed by atoms with van der Waals surface area (Å²) in [5.74, 6) is 0.783. The minimum Gasteiger partial charge on any atom is -0.484 e. The molecule has 0 unspecified atom stereocenters. The number of allylic oxidation sites excluding steroid dienone is 1. The Bertz CT molecular complexity index is 883. The number of likely N-dealkylation sites (tertiary alicyclic amines) is 1. The van der Waals surface area contributed by atoms with Gasteiger partial charge >= 0.3 is 0 Å². The molecule has 4 nitrogen and oxygen atoms in total. The van der Waals surface area contributed by atoms with Crippen LogP contribution in [0.25, 0.3) is 6.08 Å². The van der Waals surface area contributed by atoms with Crippen molar-refractivity contribution in [3.8, 4) is 5.75 Å². The summed E-state index contributed by atoms with van der Waals surface area (Å²) in [4.78, 5) is 28.2. The molecule has 138 valence electrons. The van der Waals surface area contributed by atoms with Gasteiger partial charge in [0.15, 0.2) is 6.61 Å². The molecule has 0 spiro atoms. The van der Waals surface area contributed by atoms with Crippen LogP contribution in [0.3, 0.4) is 0 Å². The van der Waals surface area contributed by atoms with E-state index in [1.165, 1.54) is 18.2 Å². The zero-order valence-corrected chi connectivity index (χ0v) is 15.8. The molecule has 0 aliphatic carbocycles. The lowest BCUT2D eigenvalue weighted by molar-refractivity contribution is -0.134. The van der Waals surface area contributed by atoms with E-state index in [2.05, 4.69) is 0 Å². The lowest BCUT2D eigenvalue weighted by Crippen LogP contribution is -2.38. The molecule has 2 heterocycles. The molecule has 0 radical (unpaired) electrons. The summed E-state index contributed by atoms with van der Waals surface area (Å²) in [5, 5.41) is 0. The van der Waals surface area contributed by atoms with Gasteiger partial charge in [0.05, 0.1) is 4.91 Å². The number of thioether (sulfide) groups is 1. The molecule has 0 atom stereocenters. The number of piperidine rings is 1. The van der Waals surface area contributed by atoms with Gasteiger partial charge in [-0.25, -0.2) is 0 Å². The Kier molecular flexibility index (Phi) is 5.30. The minimum atomic E-state index is 0.0478. The second kappa shape index (κ2) is 8.01. The van der Waals surface area contributed by atoms with E-state index in [0.29, 0.717) is 5.75 Å². The molecule has 2 aliphatic heterocycles. The molecule has 1 amide bonds. The largest absolute Gasteiger partial charge is 0.484 e. The molecule has 27 heavy (non-hydrogen) atoms. The maximum absolute atomic E-state index is 12.4. The lowest BCUT2D eigenvalue weighted by Gasteiger charge is -2.26. The van der Waals surface area contributed by atoms with Crippen LogP contribution in [-0.2, 0) is 4.79 Å². The maximum atomic E-state index is 12.4. The zero-order chi connectivity index (χ0) is 18.6. The van der Waals surface area contributed by atoms with Gasteiger partial charge in [-0.1, -0.05) is 36.0 Å². The van der Waals surface area contributed by atoms with Crippen molar-refractivity contribution in [2.45, 2.75) is 24.2 Å². The van der Waals surface area contributed by atoms with Crippen molar-refractivity contribution >= 4 is 29.5 Å². The van der Waals surface area contributed by atoms with Gasteiger partial charge in [0.1, 0.15) is 5.75 Å². The fraction of sp³-hybridized carbons (Fsp3) is 0.273. The molecule has 2 aliphatic rings. The number of Topliss-reactive ketones (excluding diaryl/α,β-unsaturated/α-hetero) is 1. The van der Waals surface area contributed by atoms with Gasteiger partial charge < -0.3 is 9.64 Å². The monoisotopic (exact) mass is 379 g/mol. The Labute approximate surface area is 163 Å². The van der Waals surface area contributed by atoms with E-state index in [4.69, 9.17) is 4.74 Å². The topological polar surface area (TPSA) is 46.6 Å². The van der Waals surface area contributed by atoms with Gasteiger partial charge in [0.25, 0.3) is 5.91 Å². The van der Waals surface area contributed by atoms with Crippen LogP contribution >= 0.6 is 11.8 Å². The molecular weight excluding hydrogens is 358 g/mol. The van der Waals surface area contributed by atoms with Crippen LogP contribution in [0, 0.1) is 0 Å². The molecule has 4 rings (SSSR count). The Morgan fingerprint density at radius 1 is 1.04 bits per heavy atom. The van der Waals surface area contributed by atoms with Crippen molar-refractivity contribution in [3.63, 3.8) is 0 Å². The van der Waals surface area contributed by atoms with E-state index in [1.807, 2.05) is 59.5 Å². The molecule has 5 heteroatoms. The number of hydrogen-bond donors (Lipinski definition) is 0. The van der Waals surface area contributed by atoms with E-state index in [1.54, 1.807) is 0 Å². The first-order valence-corrected chi connectivity index (χ1v) is 10.1. The van der Waals surface area contributed by atoms with Crippen LogP contribution in [0.5, 0.6) is 5.75 Å². The van der Waals surface area contributed by atoms with Gasteiger partial charge in [0, 0.05) is 23.5 Å². The van der Waals surface area contributed by atoms with E-state index < -0.39 is 0 Å². The smallest absolute Gasteiger partial charge is 0.260 e. The average Bonchev–Trinajstić information content (AvgIpc) is 3.03. The predicted molar refractivity (Wildman–Crippen MR) is 107 cm³/mol. The number of carbonyl (C=O) groups is 2. The first-order valence-electron chi connectivity index (χ1n) is 9.24. The first-order chi connectivity index (χ1) is 13.2. The highest BCUT2D eigenvalue weighted by Crippen LogP contribution is 2.40. The van der Waals surface area contributed by atoms with Gasteiger partial charge in [-0.15, -0.1) is 0 Å². The third kappa shape index (κ3) is 4.08.